The molecule has 0 radical (unpaired) electrons. The van der Waals surface area contributed by atoms with Gasteiger partial charge in [-0.1, -0.05) is 0 Å². The Morgan fingerprint density at radius 3 is 2.54 bits per heavy atom. The maximum Gasteiger partial charge on any atom is 0.338 e. The Morgan fingerprint density at radius 1 is 1.32 bits per heavy atom. The van der Waals surface area contributed by atoms with E-state index in [4.69, 9.17) is 14.2 Å². The Labute approximate surface area is 162 Å². The highest BCUT2D eigenvalue weighted by Gasteiger charge is 2.37. The number of allylic oxidation sites excluding steroid dienone is 1. The second kappa shape index (κ2) is 8.59. The van der Waals surface area contributed by atoms with Gasteiger partial charge in [0, 0.05) is 5.70 Å². The molecule has 10 nitrogen and oxygen atoms in total. The fourth-order valence-corrected chi connectivity index (χ4v) is 2.87. The predicted octanol–water partition coefficient (Wildman–Crippen LogP) is 2.58. The number of carbonyl (C=O) groups excluding carboxylic acids is 2. The summed E-state index contributed by atoms with van der Waals surface area (Å²) < 4.78 is 16.0. The quantitative estimate of drug-likeness (QED) is 0.414. The number of nitro benzene ring substituents is 1. The molecule has 1 aliphatic heterocycles. The van der Waals surface area contributed by atoms with Gasteiger partial charge in [-0.2, -0.15) is 0 Å². The molecule has 2 rings (SSSR count). The summed E-state index contributed by atoms with van der Waals surface area (Å²) in [4.78, 5) is 35.6. The molecule has 0 fully saturated rings. The smallest absolute Gasteiger partial charge is 0.338 e. The van der Waals surface area contributed by atoms with E-state index < -0.39 is 23.0 Å². The van der Waals surface area contributed by atoms with Crippen LogP contribution in [0.2, 0.25) is 0 Å². The topological polar surface area (TPSA) is 129 Å². The number of esters is 1. The maximum atomic E-state index is 12.5. The minimum absolute atomic E-state index is 0.0743. The lowest BCUT2D eigenvalue weighted by Crippen LogP contribution is -2.45. The summed E-state index contributed by atoms with van der Waals surface area (Å²) in [5, 5.41) is 16.7. The molecule has 2 N–H and O–H groups in total. The highest BCUT2D eigenvalue weighted by atomic mass is 16.6. The van der Waals surface area contributed by atoms with Gasteiger partial charge in [0.1, 0.15) is 0 Å². The van der Waals surface area contributed by atoms with E-state index in [2.05, 4.69) is 10.6 Å². The van der Waals surface area contributed by atoms with Gasteiger partial charge < -0.3 is 24.8 Å². The number of methoxy groups -OCH3 is 1. The van der Waals surface area contributed by atoms with E-state index in [-0.39, 0.29) is 46.7 Å². The molecule has 0 aromatic heterocycles. The van der Waals surface area contributed by atoms with E-state index in [1.54, 1.807) is 20.8 Å². The molecule has 28 heavy (non-hydrogen) atoms. The molecule has 0 aliphatic carbocycles. The number of nitrogens with zero attached hydrogens (tertiary/aromatic N) is 1. The number of carbonyl (C=O) groups is 2. The van der Waals surface area contributed by atoms with E-state index in [0.717, 1.165) is 0 Å². The molecular formula is C18H23N3O7. The zero-order chi connectivity index (χ0) is 21.0. The van der Waals surface area contributed by atoms with Crippen molar-refractivity contribution in [2.24, 2.45) is 0 Å². The number of hydrogen-bond acceptors (Lipinski definition) is 7. The van der Waals surface area contributed by atoms with Crippen molar-refractivity contribution in [2.45, 2.75) is 39.8 Å². The zero-order valence-electron chi connectivity index (χ0n) is 16.3. The third-order valence-electron chi connectivity index (χ3n) is 3.95. The van der Waals surface area contributed by atoms with Crippen molar-refractivity contribution in [1.29, 1.82) is 0 Å². The second-order valence-electron chi connectivity index (χ2n) is 6.28. The number of hydrogen-bond donors (Lipinski definition) is 2. The summed E-state index contributed by atoms with van der Waals surface area (Å²) in [6, 6.07) is 0.930. The summed E-state index contributed by atoms with van der Waals surface area (Å²) >= 11 is 0. The van der Waals surface area contributed by atoms with Crippen molar-refractivity contribution < 1.29 is 28.7 Å². The lowest BCUT2D eigenvalue weighted by atomic mass is 9.93. The molecule has 1 aromatic carbocycles. The lowest BCUT2D eigenvalue weighted by molar-refractivity contribution is -0.385. The number of urea groups is 1. The van der Waals surface area contributed by atoms with Crippen molar-refractivity contribution in [2.75, 3.05) is 13.7 Å². The number of nitro groups is 1. The number of amides is 2. The second-order valence-corrected chi connectivity index (χ2v) is 6.28. The van der Waals surface area contributed by atoms with Gasteiger partial charge in [-0.25, -0.2) is 9.59 Å². The van der Waals surface area contributed by atoms with Crippen molar-refractivity contribution in [1.82, 2.24) is 10.6 Å². The van der Waals surface area contributed by atoms with E-state index in [1.165, 1.54) is 26.2 Å². The van der Waals surface area contributed by atoms with Gasteiger partial charge in [0.2, 0.25) is 0 Å². The zero-order valence-corrected chi connectivity index (χ0v) is 16.3. The summed E-state index contributed by atoms with van der Waals surface area (Å²) in [6.07, 6.45) is -0.229. The van der Waals surface area contributed by atoms with Crippen LogP contribution in [0.3, 0.4) is 0 Å². The summed E-state index contributed by atoms with van der Waals surface area (Å²) in [5.74, 6) is -0.261. The lowest BCUT2D eigenvalue weighted by Gasteiger charge is -2.28. The third-order valence-corrected chi connectivity index (χ3v) is 3.95. The van der Waals surface area contributed by atoms with Crippen LogP contribution in [-0.2, 0) is 9.53 Å². The minimum Gasteiger partial charge on any atom is -0.493 e. The van der Waals surface area contributed by atoms with Crippen LogP contribution in [0.15, 0.2) is 23.4 Å². The number of nitrogens with one attached hydrogen (secondary N) is 2. The number of rotatable bonds is 7. The Kier molecular flexibility index (Phi) is 6.45. The van der Waals surface area contributed by atoms with E-state index in [1.807, 2.05) is 0 Å². The van der Waals surface area contributed by atoms with Crippen LogP contribution >= 0.6 is 0 Å². The molecular weight excluding hydrogens is 370 g/mol. The van der Waals surface area contributed by atoms with Crippen LogP contribution in [-0.4, -0.2) is 36.7 Å². The molecule has 152 valence electrons. The first-order valence-corrected chi connectivity index (χ1v) is 8.67. The molecule has 10 heteroatoms. The van der Waals surface area contributed by atoms with Crippen LogP contribution in [0.4, 0.5) is 10.5 Å². The van der Waals surface area contributed by atoms with Gasteiger partial charge in [0.25, 0.3) is 5.69 Å². The molecule has 1 aliphatic rings. The van der Waals surface area contributed by atoms with Gasteiger partial charge in [-0.05, 0) is 33.8 Å². The van der Waals surface area contributed by atoms with Gasteiger partial charge in [-0.15, -0.1) is 0 Å². The first-order chi connectivity index (χ1) is 13.2. The highest BCUT2D eigenvalue weighted by molar-refractivity contribution is 5.95. The Hall–Kier alpha value is -3.30. The number of benzene rings is 1. The molecule has 1 atom stereocenters. The highest BCUT2D eigenvalue weighted by Crippen LogP contribution is 2.41. The van der Waals surface area contributed by atoms with Crippen LogP contribution in [0.25, 0.3) is 0 Å². The van der Waals surface area contributed by atoms with E-state index in [9.17, 15) is 19.7 Å². The molecule has 0 saturated heterocycles. The maximum absolute atomic E-state index is 12.5. The SMILES string of the molecule is CCOC(=O)C1=C(C)NC(=O)NC1c1cc(OC(C)C)c(OC)cc1[N+](=O)[O-]. The molecule has 0 spiro atoms. The van der Waals surface area contributed by atoms with Gasteiger partial charge in [0.15, 0.2) is 11.5 Å². The van der Waals surface area contributed by atoms with Crippen molar-refractivity contribution in [3.8, 4) is 11.5 Å². The first kappa shape index (κ1) is 21.0. The third kappa shape index (κ3) is 4.33. The van der Waals surface area contributed by atoms with Gasteiger partial charge >= 0.3 is 12.0 Å². The molecule has 1 unspecified atom stereocenters. The average molecular weight is 393 g/mol. The van der Waals surface area contributed by atoms with E-state index >= 15 is 0 Å². The molecule has 1 heterocycles. The Morgan fingerprint density at radius 2 is 2.00 bits per heavy atom. The van der Waals surface area contributed by atoms with Crippen molar-refractivity contribution in [3.05, 3.63) is 39.1 Å². The van der Waals surface area contributed by atoms with Crippen LogP contribution in [0.1, 0.15) is 39.3 Å². The minimum atomic E-state index is -1.09. The Bertz CT molecular complexity index is 833. The summed E-state index contributed by atoms with van der Waals surface area (Å²) in [5.41, 5.74) is 0.0855. The van der Waals surface area contributed by atoms with Crippen LogP contribution in [0, 0.1) is 10.1 Å². The van der Waals surface area contributed by atoms with Crippen LogP contribution < -0.4 is 20.1 Å². The van der Waals surface area contributed by atoms with Crippen LogP contribution in [0.5, 0.6) is 11.5 Å². The first-order valence-electron chi connectivity index (χ1n) is 8.67. The molecule has 0 saturated carbocycles. The fraction of sp³-hybridized carbons (Fsp3) is 0.444. The number of ether oxygens (including phenoxy) is 3. The fourth-order valence-electron chi connectivity index (χ4n) is 2.87. The normalized spacial score (nSPS) is 16.4. The molecule has 2 amide bonds. The van der Waals surface area contributed by atoms with Gasteiger partial charge in [0.05, 0.1) is 48.0 Å². The standard InChI is InChI=1S/C18H23N3O7/c1-6-27-17(22)15-10(4)19-18(23)20-16(15)11-7-14(28-9(2)3)13(26-5)8-12(11)21(24)25/h7-9,16H,6H2,1-5H3,(H2,19,20,23). The monoisotopic (exact) mass is 393 g/mol. The van der Waals surface area contributed by atoms with Gasteiger partial charge in [-0.3, -0.25) is 10.1 Å². The van der Waals surface area contributed by atoms with Crippen molar-refractivity contribution >= 4 is 17.7 Å². The average Bonchev–Trinajstić information content (AvgIpc) is 2.60. The molecule has 1 aromatic rings. The van der Waals surface area contributed by atoms with E-state index in [0.29, 0.717) is 0 Å². The molecule has 0 bridgehead atoms. The summed E-state index contributed by atoms with van der Waals surface area (Å²) in [6.45, 7) is 6.87. The van der Waals surface area contributed by atoms with Crippen molar-refractivity contribution in [3.63, 3.8) is 0 Å². The largest absolute Gasteiger partial charge is 0.493 e. The predicted molar refractivity (Wildman–Crippen MR) is 99.2 cm³/mol. The summed E-state index contributed by atoms with van der Waals surface area (Å²) in [7, 11) is 1.37. The Balaban J connectivity index is 2.70.